The van der Waals surface area contributed by atoms with Crippen molar-refractivity contribution in [3.8, 4) is 6.19 Å². The lowest BCUT2D eigenvalue weighted by Crippen LogP contribution is -2.35. The van der Waals surface area contributed by atoms with Crippen LogP contribution in [-0.2, 0) is 0 Å². The Labute approximate surface area is 119 Å². The number of guanidine groups is 1. The normalized spacial score (nSPS) is 10.8. The average molecular weight is 284 g/mol. The minimum absolute atomic E-state index is 0.182. The van der Waals surface area contributed by atoms with Gasteiger partial charge in [0.25, 0.3) is 0 Å². The molecule has 0 rings (SSSR count). The molecule has 0 unspecified atom stereocenters. The summed E-state index contributed by atoms with van der Waals surface area (Å²) in [5.41, 5.74) is 5.24. The van der Waals surface area contributed by atoms with E-state index in [9.17, 15) is 0 Å². The third-order valence-electron chi connectivity index (χ3n) is 2.33. The van der Waals surface area contributed by atoms with E-state index in [2.05, 4.69) is 22.5 Å². The van der Waals surface area contributed by atoms with Gasteiger partial charge in [0.2, 0.25) is 5.96 Å². The number of amidine groups is 1. The quantitative estimate of drug-likeness (QED) is 0.169. The van der Waals surface area contributed by atoms with E-state index in [4.69, 9.17) is 16.4 Å². The molecular weight excluding hydrogens is 260 g/mol. The van der Waals surface area contributed by atoms with E-state index in [-0.39, 0.29) is 5.17 Å². The van der Waals surface area contributed by atoms with Crippen LogP contribution in [0.25, 0.3) is 0 Å². The van der Waals surface area contributed by atoms with Crippen LogP contribution in [0.3, 0.4) is 0 Å². The molecule has 0 spiro atoms. The lowest BCUT2D eigenvalue weighted by molar-refractivity contribution is 0.691. The Morgan fingerprint density at radius 2 is 2.16 bits per heavy atom. The second kappa shape index (κ2) is 13.0. The lowest BCUT2D eigenvalue weighted by Gasteiger charge is -2.07. The number of nitrogens with zero attached hydrogens (tertiary/aromatic N) is 2. The molecular formula is C12H24N6S. The molecule has 0 bridgehead atoms. The van der Waals surface area contributed by atoms with Gasteiger partial charge in [-0.3, -0.25) is 15.7 Å². The maximum Gasteiger partial charge on any atom is 0.204 e. The largest absolute Gasteiger partial charge is 0.379 e. The molecule has 0 radical (unpaired) electrons. The molecule has 0 atom stereocenters. The van der Waals surface area contributed by atoms with Gasteiger partial charge in [-0.15, -0.1) is 0 Å². The number of nitrogens with one attached hydrogen (secondary N) is 3. The Morgan fingerprint density at radius 3 is 2.79 bits per heavy atom. The summed E-state index contributed by atoms with van der Waals surface area (Å²) in [5.74, 6) is 1.46. The maximum atomic E-state index is 8.60. The number of hydrogen-bond donors (Lipinski definition) is 4. The van der Waals surface area contributed by atoms with E-state index in [1.807, 2.05) is 6.19 Å². The summed E-state index contributed by atoms with van der Waals surface area (Å²) in [5, 5.41) is 21.5. The Kier molecular flexibility index (Phi) is 12.0. The van der Waals surface area contributed by atoms with Crippen molar-refractivity contribution in [3.63, 3.8) is 0 Å². The minimum atomic E-state index is 0.182. The standard InChI is InChI=1S/C12H24N6S/c1-2-3-7-16-12(18-10-13)17-8-5-4-6-9-19-11(14)15/h2-9H2,1H3,(H3,14,15)(H2,16,17,18). The van der Waals surface area contributed by atoms with Crippen LogP contribution in [0, 0.1) is 16.9 Å². The van der Waals surface area contributed by atoms with E-state index in [0.29, 0.717) is 5.96 Å². The van der Waals surface area contributed by atoms with Crippen molar-refractivity contribution < 1.29 is 0 Å². The van der Waals surface area contributed by atoms with Crippen molar-refractivity contribution >= 4 is 22.9 Å². The van der Waals surface area contributed by atoms with E-state index in [1.54, 1.807) is 0 Å². The van der Waals surface area contributed by atoms with Crippen LogP contribution in [0.2, 0.25) is 0 Å². The predicted octanol–water partition coefficient (Wildman–Crippen LogP) is 1.60. The molecule has 0 aliphatic carbocycles. The van der Waals surface area contributed by atoms with Gasteiger partial charge in [-0.1, -0.05) is 31.5 Å². The fourth-order valence-corrected chi connectivity index (χ4v) is 1.90. The summed E-state index contributed by atoms with van der Waals surface area (Å²) < 4.78 is 0. The molecule has 0 aromatic rings. The highest BCUT2D eigenvalue weighted by molar-refractivity contribution is 8.13. The van der Waals surface area contributed by atoms with Crippen molar-refractivity contribution in [1.29, 1.82) is 10.7 Å². The van der Waals surface area contributed by atoms with Crippen molar-refractivity contribution in [2.45, 2.75) is 39.0 Å². The smallest absolute Gasteiger partial charge is 0.204 e. The molecule has 0 aliphatic heterocycles. The summed E-state index contributed by atoms with van der Waals surface area (Å²) in [6, 6.07) is 0. The second-order valence-corrected chi connectivity index (χ2v) is 5.16. The van der Waals surface area contributed by atoms with Crippen molar-refractivity contribution in [3.05, 3.63) is 0 Å². The number of rotatable bonds is 9. The number of thioether (sulfide) groups is 1. The van der Waals surface area contributed by atoms with Gasteiger partial charge in [-0.25, -0.2) is 0 Å². The highest BCUT2D eigenvalue weighted by Gasteiger charge is 1.97. The molecule has 0 aliphatic rings. The molecule has 108 valence electrons. The Hall–Kier alpha value is -1.42. The summed E-state index contributed by atoms with van der Waals surface area (Å²) in [6.45, 7) is 3.65. The van der Waals surface area contributed by atoms with Gasteiger partial charge in [-0.05, 0) is 19.3 Å². The van der Waals surface area contributed by atoms with Crippen molar-refractivity contribution in [2.75, 3.05) is 18.8 Å². The van der Waals surface area contributed by atoms with Crippen molar-refractivity contribution in [1.82, 2.24) is 10.6 Å². The van der Waals surface area contributed by atoms with E-state index < -0.39 is 0 Å². The average Bonchev–Trinajstić information content (AvgIpc) is 2.37. The van der Waals surface area contributed by atoms with Crippen LogP contribution in [0.15, 0.2) is 4.99 Å². The van der Waals surface area contributed by atoms with Gasteiger partial charge in [0.1, 0.15) is 0 Å². The van der Waals surface area contributed by atoms with Crippen LogP contribution in [-0.4, -0.2) is 30.0 Å². The van der Waals surface area contributed by atoms with Gasteiger partial charge >= 0.3 is 0 Å². The van der Waals surface area contributed by atoms with E-state index in [0.717, 1.165) is 50.9 Å². The van der Waals surface area contributed by atoms with Gasteiger partial charge in [0.15, 0.2) is 11.4 Å². The third-order valence-corrected chi connectivity index (χ3v) is 3.13. The lowest BCUT2D eigenvalue weighted by atomic mass is 10.2. The van der Waals surface area contributed by atoms with Crippen LogP contribution in [0.4, 0.5) is 0 Å². The molecule has 19 heavy (non-hydrogen) atoms. The fraction of sp³-hybridized carbons (Fsp3) is 0.750. The van der Waals surface area contributed by atoms with Crippen LogP contribution in [0.5, 0.6) is 0 Å². The third kappa shape index (κ3) is 12.8. The summed E-state index contributed by atoms with van der Waals surface area (Å²) in [4.78, 5) is 4.28. The molecule has 0 aromatic carbocycles. The fourth-order valence-electron chi connectivity index (χ4n) is 1.33. The molecule has 0 saturated heterocycles. The first-order valence-electron chi connectivity index (χ1n) is 6.61. The zero-order chi connectivity index (χ0) is 14.3. The molecule has 0 amide bonds. The zero-order valence-corrected chi connectivity index (χ0v) is 12.4. The first-order chi connectivity index (χ1) is 9.20. The van der Waals surface area contributed by atoms with E-state index >= 15 is 0 Å². The number of nitrogens with two attached hydrogens (primary N) is 1. The number of aliphatic imine (C=N–C) groups is 1. The summed E-state index contributed by atoms with van der Waals surface area (Å²) >= 11 is 1.38. The molecule has 0 aromatic heterocycles. The first-order valence-corrected chi connectivity index (χ1v) is 7.59. The second-order valence-electron chi connectivity index (χ2n) is 4.02. The predicted molar refractivity (Wildman–Crippen MR) is 82.2 cm³/mol. The number of nitriles is 1. The van der Waals surface area contributed by atoms with Gasteiger partial charge < -0.3 is 11.1 Å². The Balaban J connectivity index is 3.61. The molecule has 5 N–H and O–H groups in total. The highest BCUT2D eigenvalue weighted by Crippen LogP contribution is 2.04. The topological polar surface area (TPSA) is 110 Å². The van der Waals surface area contributed by atoms with Gasteiger partial charge in [0, 0.05) is 18.8 Å². The summed E-state index contributed by atoms with van der Waals surface area (Å²) in [6.07, 6.45) is 7.13. The Bertz CT molecular complexity index is 310. The van der Waals surface area contributed by atoms with Crippen LogP contribution < -0.4 is 16.4 Å². The number of unbranched alkanes of at least 4 members (excludes halogenated alkanes) is 3. The molecule has 7 heteroatoms. The molecule has 6 nitrogen and oxygen atoms in total. The highest BCUT2D eigenvalue weighted by atomic mass is 32.2. The monoisotopic (exact) mass is 284 g/mol. The SMILES string of the molecule is CCCC/N=C(/NC#N)NCCCCCSC(=N)N. The Morgan fingerprint density at radius 1 is 1.37 bits per heavy atom. The molecule has 0 saturated carbocycles. The first kappa shape index (κ1) is 17.6. The van der Waals surface area contributed by atoms with Crippen LogP contribution in [0.1, 0.15) is 39.0 Å². The molecule has 0 fully saturated rings. The van der Waals surface area contributed by atoms with Crippen molar-refractivity contribution in [2.24, 2.45) is 10.7 Å². The maximum absolute atomic E-state index is 8.60. The minimum Gasteiger partial charge on any atom is -0.379 e. The summed E-state index contributed by atoms with van der Waals surface area (Å²) in [7, 11) is 0. The zero-order valence-electron chi connectivity index (χ0n) is 11.5. The number of hydrogen-bond acceptors (Lipinski definition) is 4. The van der Waals surface area contributed by atoms with Crippen LogP contribution >= 0.6 is 11.8 Å². The van der Waals surface area contributed by atoms with Gasteiger partial charge in [-0.2, -0.15) is 5.26 Å². The van der Waals surface area contributed by atoms with Gasteiger partial charge in [0.05, 0.1) is 0 Å². The molecule has 0 heterocycles. The van der Waals surface area contributed by atoms with E-state index in [1.165, 1.54) is 11.8 Å².